The monoisotopic (exact) mass is 700 g/mol. The maximum Gasteiger partial charge on any atom is 2.00 e. The van der Waals surface area contributed by atoms with E-state index in [9.17, 15) is 0 Å². The van der Waals surface area contributed by atoms with Gasteiger partial charge in [-0.2, -0.15) is 0 Å². The Morgan fingerprint density at radius 3 is 1.02 bits per heavy atom. The second-order valence-corrected chi connectivity index (χ2v) is 12.6. The van der Waals surface area contributed by atoms with Gasteiger partial charge in [-0.15, -0.1) is 0 Å². The summed E-state index contributed by atoms with van der Waals surface area (Å²) >= 11 is 0. The average molecular weight is 702 g/mol. The normalized spacial score (nSPS) is 11.5. The molecule has 0 N–H and O–H groups in total. The fourth-order valence-electron chi connectivity index (χ4n) is 5.87. The van der Waals surface area contributed by atoms with Gasteiger partial charge in [0.15, 0.2) is 0 Å². The Hall–Kier alpha value is -1.91. The van der Waals surface area contributed by atoms with E-state index >= 15 is 0 Å². The summed E-state index contributed by atoms with van der Waals surface area (Å²) < 4.78 is 0. The van der Waals surface area contributed by atoms with Crippen molar-refractivity contribution in [3.63, 3.8) is 0 Å². The molecule has 1 radical (unpaired) electrons. The standard InChI is InChI=1S/C40H57N3.2ClH.V/c1-10-14-18-33-22-28(5)23-34(19-15-11-2)39(33)41-31(8)37-26-30(7)27-38(43-37)32(9)42-40-35(20-16-12-3)24-29(6)25-36(40)21-17-13-4;;;/h22-27H,10-21H2,1-9H3;2*1H;/q;;;+2/p-2. The van der Waals surface area contributed by atoms with Crippen LogP contribution < -0.4 is 24.8 Å². The Labute approximate surface area is 305 Å². The molecule has 0 unspecified atom stereocenters. The number of nitrogens with zero attached hydrogens (tertiary/aromatic N) is 3. The zero-order valence-corrected chi connectivity index (χ0v) is 32.9. The molecule has 3 nitrogen and oxygen atoms in total. The van der Waals surface area contributed by atoms with Crippen molar-refractivity contribution in [2.75, 3.05) is 0 Å². The van der Waals surface area contributed by atoms with Crippen LogP contribution in [-0.4, -0.2) is 16.4 Å². The first-order valence-electron chi connectivity index (χ1n) is 17.0. The number of aryl methyl sites for hydroxylation is 7. The molecule has 1 aromatic heterocycles. The van der Waals surface area contributed by atoms with Crippen LogP contribution >= 0.6 is 0 Å². The number of rotatable bonds is 16. The molecule has 2 aromatic carbocycles. The Morgan fingerprint density at radius 2 is 0.761 bits per heavy atom. The van der Waals surface area contributed by atoms with Gasteiger partial charge in [-0.25, -0.2) is 4.98 Å². The van der Waals surface area contributed by atoms with Crippen molar-refractivity contribution in [1.82, 2.24) is 4.98 Å². The molecule has 3 rings (SSSR count). The molecule has 251 valence electrons. The van der Waals surface area contributed by atoms with Crippen molar-refractivity contribution in [1.29, 1.82) is 0 Å². The largest absolute Gasteiger partial charge is 2.00 e. The van der Waals surface area contributed by atoms with E-state index in [2.05, 4.69) is 98.7 Å². The number of pyridine rings is 1. The molecule has 0 amide bonds. The van der Waals surface area contributed by atoms with Crippen LogP contribution in [0.4, 0.5) is 11.4 Å². The number of hydrogen-bond donors (Lipinski definition) is 0. The molecule has 0 saturated carbocycles. The molecule has 0 aliphatic carbocycles. The summed E-state index contributed by atoms with van der Waals surface area (Å²) in [5, 5.41) is 0. The van der Waals surface area contributed by atoms with Gasteiger partial charge in [-0.3, -0.25) is 9.98 Å². The minimum Gasteiger partial charge on any atom is -1.00 e. The number of aromatic nitrogens is 1. The molecule has 3 aromatic rings. The first kappa shape index (κ1) is 44.1. The molecule has 0 fully saturated rings. The molecule has 46 heavy (non-hydrogen) atoms. The number of hydrogen-bond acceptors (Lipinski definition) is 3. The van der Waals surface area contributed by atoms with Gasteiger partial charge in [-0.05, 0) is 126 Å². The average Bonchev–Trinajstić information content (AvgIpc) is 2.98. The fraction of sp³-hybridized carbons (Fsp3) is 0.525. The van der Waals surface area contributed by atoms with E-state index in [-0.39, 0.29) is 43.4 Å². The summed E-state index contributed by atoms with van der Waals surface area (Å²) in [5.41, 5.74) is 15.5. The van der Waals surface area contributed by atoms with Crippen LogP contribution in [0.3, 0.4) is 0 Å². The second-order valence-electron chi connectivity index (χ2n) is 12.6. The van der Waals surface area contributed by atoms with Gasteiger partial charge >= 0.3 is 18.6 Å². The summed E-state index contributed by atoms with van der Waals surface area (Å²) in [6.07, 6.45) is 13.7. The van der Waals surface area contributed by atoms with Gasteiger partial charge in [0.1, 0.15) is 0 Å². The van der Waals surface area contributed by atoms with Crippen LogP contribution in [0.15, 0.2) is 46.4 Å². The van der Waals surface area contributed by atoms with Crippen LogP contribution in [0.5, 0.6) is 0 Å². The molecule has 0 aliphatic rings. The molecule has 0 bridgehead atoms. The molecule has 0 atom stereocenters. The third-order valence-corrected chi connectivity index (χ3v) is 8.29. The van der Waals surface area contributed by atoms with Crippen LogP contribution in [0.25, 0.3) is 0 Å². The summed E-state index contributed by atoms with van der Waals surface area (Å²) in [4.78, 5) is 15.8. The maximum absolute atomic E-state index is 5.32. The van der Waals surface area contributed by atoms with E-state index in [0.29, 0.717) is 0 Å². The first-order chi connectivity index (χ1) is 20.7. The third-order valence-electron chi connectivity index (χ3n) is 8.29. The predicted octanol–water partition coefficient (Wildman–Crippen LogP) is 5.66. The van der Waals surface area contributed by atoms with Crippen molar-refractivity contribution < 1.29 is 43.4 Å². The minimum absolute atomic E-state index is 0. The minimum atomic E-state index is 0. The predicted molar refractivity (Wildman–Crippen MR) is 190 cm³/mol. The van der Waals surface area contributed by atoms with E-state index in [0.717, 1.165) is 48.5 Å². The quantitative estimate of drug-likeness (QED) is 0.178. The van der Waals surface area contributed by atoms with Gasteiger partial charge < -0.3 is 24.8 Å². The number of benzene rings is 2. The SMILES string of the molecule is CCCCc1cc(C)cc(CCCC)c1N=C(C)c1cc(C)cc(C(C)=Nc2c(CCCC)cc(C)cc2CCCC)n1.[Cl-].[Cl-].[V+2]. The molecule has 1 heterocycles. The number of unbranched alkanes of at least 4 members (excludes halogenated alkanes) is 4. The van der Waals surface area contributed by atoms with Crippen molar-refractivity contribution in [2.24, 2.45) is 9.98 Å². The fourth-order valence-corrected chi connectivity index (χ4v) is 5.87. The summed E-state index contributed by atoms with van der Waals surface area (Å²) in [6.45, 7) is 19.9. The van der Waals surface area contributed by atoms with Crippen molar-refractivity contribution in [3.8, 4) is 0 Å². The van der Waals surface area contributed by atoms with Crippen molar-refractivity contribution in [2.45, 2.75) is 139 Å². The smallest absolute Gasteiger partial charge is 1.00 e. The van der Waals surface area contributed by atoms with Crippen LogP contribution in [0, 0.1) is 20.8 Å². The topological polar surface area (TPSA) is 37.6 Å². The first-order valence-corrected chi connectivity index (χ1v) is 17.0. The zero-order valence-electron chi connectivity index (χ0n) is 30.0. The Balaban J connectivity index is 0.00000675. The van der Waals surface area contributed by atoms with E-state index in [1.807, 2.05) is 0 Å². The molecular formula is C40H57Cl2N3V. The summed E-state index contributed by atoms with van der Waals surface area (Å²) in [5.74, 6) is 0. The molecule has 0 spiro atoms. The molecule has 0 aliphatic heterocycles. The Kier molecular flexibility index (Phi) is 21.7. The van der Waals surface area contributed by atoms with Crippen LogP contribution in [0.2, 0.25) is 0 Å². The molecule has 6 heteroatoms. The molecular weight excluding hydrogens is 644 g/mol. The Bertz CT molecular complexity index is 1270. The third kappa shape index (κ3) is 12.9. The van der Waals surface area contributed by atoms with Crippen molar-refractivity contribution >= 4 is 22.8 Å². The van der Waals surface area contributed by atoms with Crippen molar-refractivity contribution in [3.05, 3.63) is 86.7 Å². The van der Waals surface area contributed by atoms with E-state index in [1.54, 1.807) is 0 Å². The number of aliphatic imine (C=N–C) groups is 2. The molecule has 0 saturated heterocycles. The van der Waals surface area contributed by atoms with Gasteiger partial charge in [0, 0.05) is 0 Å². The van der Waals surface area contributed by atoms with Crippen LogP contribution in [-0.2, 0) is 44.2 Å². The Morgan fingerprint density at radius 1 is 0.500 bits per heavy atom. The van der Waals surface area contributed by atoms with Gasteiger partial charge in [0.25, 0.3) is 0 Å². The summed E-state index contributed by atoms with van der Waals surface area (Å²) in [6, 6.07) is 13.7. The number of halogens is 2. The van der Waals surface area contributed by atoms with Gasteiger partial charge in [0.2, 0.25) is 0 Å². The van der Waals surface area contributed by atoms with Crippen LogP contribution in [0.1, 0.15) is 143 Å². The maximum atomic E-state index is 5.32. The zero-order chi connectivity index (χ0) is 31.4. The van der Waals surface area contributed by atoms with E-state index in [4.69, 9.17) is 15.0 Å². The van der Waals surface area contributed by atoms with E-state index < -0.39 is 0 Å². The van der Waals surface area contributed by atoms with E-state index in [1.165, 1.54) is 102 Å². The van der Waals surface area contributed by atoms with Gasteiger partial charge in [0.05, 0.1) is 34.2 Å². The van der Waals surface area contributed by atoms with Gasteiger partial charge in [-0.1, -0.05) is 88.8 Å². The summed E-state index contributed by atoms with van der Waals surface area (Å²) in [7, 11) is 0. The second kappa shape index (κ2) is 22.6.